The third-order valence-electron chi connectivity index (χ3n) is 2.55. The molecule has 1 fully saturated rings. The van der Waals surface area contributed by atoms with Crippen molar-refractivity contribution < 1.29 is 0 Å². The van der Waals surface area contributed by atoms with Crippen LogP contribution in [-0.2, 0) is 0 Å². The van der Waals surface area contributed by atoms with Gasteiger partial charge in [-0.1, -0.05) is 20.8 Å². The standard InChI is InChI=1S/C11H21/c1-9(10-5-6-10)7-8-11(2,3)4/h9-10H,1,5-8H2,2-4H3. The van der Waals surface area contributed by atoms with E-state index in [-0.39, 0.29) is 0 Å². The van der Waals surface area contributed by atoms with E-state index in [4.69, 9.17) is 0 Å². The predicted molar refractivity (Wildman–Crippen MR) is 50.3 cm³/mol. The summed E-state index contributed by atoms with van der Waals surface area (Å²) in [5.41, 5.74) is 0.505. The molecule has 0 bridgehead atoms. The van der Waals surface area contributed by atoms with E-state index in [0.717, 1.165) is 11.8 Å². The van der Waals surface area contributed by atoms with Crippen LogP contribution < -0.4 is 0 Å². The average molecular weight is 153 g/mol. The van der Waals surface area contributed by atoms with Crippen molar-refractivity contribution >= 4 is 0 Å². The van der Waals surface area contributed by atoms with E-state index in [1.807, 2.05) is 0 Å². The zero-order valence-corrected chi connectivity index (χ0v) is 8.19. The monoisotopic (exact) mass is 153 g/mol. The Morgan fingerprint density at radius 2 is 1.91 bits per heavy atom. The molecule has 1 radical (unpaired) electrons. The molecule has 0 heteroatoms. The molecule has 1 saturated carbocycles. The van der Waals surface area contributed by atoms with E-state index in [9.17, 15) is 0 Å². The van der Waals surface area contributed by atoms with Crippen molar-refractivity contribution in [1.82, 2.24) is 0 Å². The van der Waals surface area contributed by atoms with E-state index in [0.29, 0.717) is 5.41 Å². The van der Waals surface area contributed by atoms with Crippen molar-refractivity contribution in [3.05, 3.63) is 6.92 Å². The van der Waals surface area contributed by atoms with Crippen LogP contribution in [0.25, 0.3) is 0 Å². The lowest BCUT2D eigenvalue weighted by atomic mass is 9.86. The van der Waals surface area contributed by atoms with Crippen LogP contribution in [0.2, 0.25) is 0 Å². The van der Waals surface area contributed by atoms with Crippen LogP contribution in [0.1, 0.15) is 46.5 Å². The lowest BCUT2D eigenvalue weighted by Gasteiger charge is -2.20. The molecule has 1 aliphatic carbocycles. The molecule has 0 nitrogen and oxygen atoms in total. The highest BCUT2D eigenvalue weighted by Crippen LogP contribution is 2.39. The Kier molecular flexibility index (Phi) is 2.61. The number of hydrogen-bond acceptors (Lipinski definition) is 0. The summed E-state index contributed by atoms with van der Waals surface area (Å²) in [6.07, 6.45) is 5.54. The molecule has 1 atom stereocenters. The Labute approximate surface area is 71.4 Å². The van der Waals surface area contributed by atoms with E-state index in [2.05, 4.69) is 27.7 Å². The second-order valence-electron chi connectivity index (χ2n) is 5.20. The van der Waals surface area contributed by atoms with Gasteiger partial charge in [-0.05, 0) is 49.9 Å². The van der Waals surface area contributed by atoms with E-state index in [1.165, 1.54) is 25.7 Å². The summed E-state index contributed by atoms with van der Waals surface area (Å²) in [6, 6.07) is 0. The number of hydrogen-bond donors (Lipinski definition) is 0. The van der Waals surface area contributed by atoms with Crippen LogP contribution in [0, 0.1) is 24.2 Å². The van der Waals surface area contributed by atoms with Gasteiger partial charge in [0.25, 0.3) is 0 Å². The summed E-state index contributed by atoms with van der Waals surface area (Å²) in [6.45, 7) is 11.1. The van der Waals surface area contributed by atoms with Crippen LogP contribution in [-0.4, -0.2) is 0 Å². The summed E-state index contributed by atoms with van der Waals surface area (Å²) >= 11 is 0. The molecule has 0 aromatic rings. The molecule has 0 N–H and O–H groups in total. The van der Waals surface area contributed by atoms with Gasteiger partial charge in [0.05, 0.1) is 0 Å². The maximum Gasteiger partial charge on any atom is -0.0383 e. The molecule has 0 spiro atoms. The van der Waals surface area contributed by atoms with Crippen LogP contribution in [0.4, 0.5) is 0 Å². The van der Waals surface area contributed by atoms with Crippen molar-refractivity contribution in [2.45, 2.75) is 46.5 Å². The number of rotatable bonds is 3. The molecule has 1 aliphatic rings. The van der Waals surface area contributed by atoms with Gasteiger partial charge in [-0.15, -0.1) is 0 Å². The molecule has 0 amide bonds. The Hall–Kier alpha value is 0. The van der Waals surface area contributed by atoms with Crippen LogP contribution >= 0.6 is 0 Å². The van der Waals surface area contributed by atoms with Gasteiger partial charge in [-0.3, -0.25) is 0 Å². The normalized spacial score (nSPS) is 21.8. The zero-order chi connectivity index (χ0) is 8.48. The Morgan fingerprint density at radius 1 is 1.36 bits per heavy atom. The topological polar surface area (TPSA) is 0 Å². The molecular weight excluding hydrogens is 132 g/mol. The van der Waals surface area contributed by atoms with Gasteiger partial charge < -0.3 is 0 Å². The molecule has 0 heterocycles. The third-order valence-corrected chi connectivity index (χ3v) is 2.55. The predicted octanol–water partition coefficient (Wildman–Crippen LogP) is 3.67. The summed E-state index contributed by atoms with van der Waals surface area (Å²) in [4.78, 5) is 0. The minimum absolute atomic E-state index is 0.505. The highest BCUT2D eigenvalue weighted by Gasteiger charge is 2.28. The van der Waals surface area contributed by atoms with Gasteiger partial charge in [-0.2, -0.15) is 0 Å². The first-order chi connectivity index (χ1) is 4.99. The SMILES string of the molecule is [CH2]C(CCC(C)(C)C)C1CC1. The maximum atomic E-state index is 4.20. The molecule has 11 heavy (non-hydrogen) atoms. The summed E-state index contributed by atoms with van der Waals surface area (Å²) in [5.74, 6) is 1.73. The highest BCUT2D eigenvalue weighted by atomic mass is 14.3. The van der Waals surface area contributed by atoms with Crippen molar-refractivity contribution in [1.29, 1.82) is 0 Å². The fourth-order valence-corrected chi connectivity index (χ4v) is 1.42. The van der Waals surface area contributed by atoms with E-state index in [1.54, 1.807) is 0 Å². The van der Waals surface area contributed by atoms with Gasteiger partial charge >= 0.3 is 0 Å². The summed E-state index contributed by atoms with van der Waals surface area (Å²) in [7, 11) is 0. The van der Waals surface area contributed by atoms with Gasteiger partial charge in [0.15, 0.2) is 0 Å². The highest BCUT2D eigenvalue weighted by molar-refractivity contribution is 4.83. The second-order valence-corrected chi connectivity index (χ2v) is 5.20. The van der Waals surface area contributed by atoms with Gasteiger partial charge in [0.1, 0.15) is 0 Å². The fraction of sp³-hybridized carbons (Fsp3) is 0.909. The van der Waals surface area contributed by atoms with Crippen molar-refractivity contribution in [3.63, 3.8) is 0 Å². The molecule has 0 aliphatic heterocycles. The first-order valence-electron chi connectivity index (χ1n) is 4.82. The zero-order valence-electron chi connectivity index (χ0n) is 8.19. The van der Waals surface area contributed by atoms with Crippen molar-refractivity contribution in [3.8, 4) is 0 Å². The lowest BCUT2D eigenvalue weighted by Crippen LogP contribution is -2.08. The molecular formula is C11H21. The molecule has 1 rings (SSSR count). The Bertz CT molecular complexity index is 114. The minimum Gasteiger partial charge on any atom is -0.0602 e. The quantitative estimate of drug-likeness (QED) is 0.580. The molecule has 1 unspecified atom stereocenters. The van der Waals surface area contributed by atoms with Crippen LogP contribution in [0.15, 0.2) is 0 Å². The van der Waals surface area contributed by atoms with Crippen LogP contribution in [0.5, 0.6) is 0 Å². The third kappa shape index (κ3) is 3.79. The van der Waals surface area contributed by atoms with Crippen molar-refractivity contribution in [2.75, 3.05) is 0 Å². The molecule has 0 saturated heterocycles. The molecule has 65 valence electrons. The summed E-state index contributed by atoms with van der Waals surface area (Å²) < 4.78 is 0. The average Bonchev–Trinajstić information content (AvgIpc) is 2.61. The summed E-state index contributed by atoms with van der Waals surface area (Å²) in [5, 5.41) is 0. The van der Waals surface area contributed by atoms with Crippen molar-refractivity contribution in [2.24, 2.45) is 17.3 Å². The Morgan fingerprint density at radius 3 is 2.27 bits per heavy atom. The second kappa shape index (κ2) is 3.16. The maximum absolute atomic E-state index is 4.20. The van der Waals surface area contributed by atoms with Gasteiger partial charge in [0.2, 0.25) is 0 Å². The lowest BCUT2D eigenvalue weighted by molar-refractivity contribution is 0.329. The first kappa shape index (κ1) is 9.09. The molecule has 0 aromatic heterocycles. The first-order valence-corrected chi connectivity index (χ1v) is 4.82. The van der Waals surface area contributed by atoms with Gasteiger partial charge in [0, 0.05) is 0 Å². The minimum atomic E-state index is 0.505. The smallest absolute Gasteiger partial charge is 0.0383 e. The Balaban J connectivity index is 2.10. The van der Waals surface area contributed by atoms with Gasteiger partial charge in [-0.25, -0.2) is 0 Å². The van der Waals surface area contributed by atoms with E-state index >= 15 is 0 Å². The van der Waals surface area contributed by atoms with Crippen LogP contribution in [0.3, 0.4) is 0 Å². The van der Waals surface area contributed by atoms with E-state index < -0.39 is 0 Å². The molecule has 0 aromatic carbocycles. The fourth-order valence-electron chi connectivity index (χ4n) is 1.42. The largest absolute Gasteiger partial charge is 0.0602 e.